The summed E-state index contributed by atoms with van der Waals surface area (Å²) in [5.41, 5.74) is 7.70. The molecule has 2 unspecified atom stereocenters. The molecule has 1 aromatic heterocycles. The van der Waals surface area contributed by atoms with E-state index in [9.17, 15) is 8.42 Å². The molecule has 2 fully saturated rings. The van der Waals surface area contributed by atoms with Crippen LogP contribution in [0.1, 0.15) is 18.4 Å². The molecule has 4 rings (SSSR count). The average molecular weight is 346 g/mol. The van der Waals surface area contributed by atoms with Crippen LogP contribution in [-0.4, -0.2) is 41.6 Å². The highest BCUT2D eigenvalue weighted by atomic mass is 32.2. The molecule has 0 spiro atoms. The molecule has 0 bridgehead atoms. The fourth-order valence-corrected chi connectivity index (χ4v) is 5.36. The molecule has 2 heterocycles. The van der Waals surface area contributed by atoms with Crippen molar-refractivity contribution in [3.63, 3.8) is 0 Å². The zero-order chi connectivity index (χ0) is 16.9. The number of aromatic nitrogens is 2. The SMILES string of the molecule is Cc1ccc(-n2cccn2)cc1S(=O)(=O)N1CC(N)C(C2CC2)C1. The monoisotopic (exact) mass is 346 g/mol. The maximum absolute atomic E-state index is 13.2. The molecule has 1 aromatic carbocycles. The molecular formula is C17H22N4O2S. The Labute approximate surface area is 142 Å². The Hall–Kier alpha value is -1.70. The molecule has 2 aromatic rings. The van der Waals surface area contributed by atoms with Crippen LogP contribution in [0.25, 0.3) is 5.69 Å². The number of aryl methyl sites for hydroxylation is 1. The first-order chi connectivity index (χ1) is 11.5. The van der Waals surface area contributed by atoms with Gasteiger partial charge in [0.15, 0.2) is 0 Å². The highest BCUT2D eigenvalue weighted by Crippen LogP contribution is 2.42. The molecular weight excluding hydrogens is 324 g/mol. The predicted molar refractivity (Wildman–Crippen MR) is 91.2 cm³/mol. The van der Waals surface area contributed by atoms with Crippen molar-refractivity contribution in [2.45, 2.75) is 30.7 Å². The van der Waals surface area contributed by atoms with Gasteiger partial charge in [-0.25, -0.2) is 13.1 Å². The van der Waals surface area contributed by atoms with E-state index in [-0.39, 0.29) is 6.04 Å². The van der Waals surface area contributed by atoms with Gasteiger partial charge in [0.25, 0.3) is 0 Å². The van der Waals surface area contributed by atoms with E-state index in [2.05, 4.69) is 5.10 Å². The third-order valence-electron chi connectivity index (χ3n) is 5.16. The summed E-state index contributed by atoms with van der Waals surface area (Å²) in [5.74, 6) is 0.908. The van der Waals surface area contributed by atoms with Crippen molar-refractivity contribution in [1.29, 1.82) is 0 Å². The number of hydrogen-bond acceptors (Lipinski definition) is 4. The van der Waals surface area contributed by atoms with Crippen molar-refractivity contribution in [3.8, 4) is 5.69 Å². The lowest BCUT2D eigenvalue weighted by atomic mass is 9.99. The van der Waals surface area contributed by atoms with E-state index in [1.165, 1.54) is 12.8 Å². The molecule has 24 heavy (non-hydrogen) atoms. The van der Waals surface area contributed by atoms with Crippen molar-refractivity contribution < 1.29 is 8.42 Å². The molecule has 2 atom stereocenters. The van der Waals surface area contributed by atoms with Crippen LogP contribution in [0.4, 0.5) is 0 Å². The summed E-state index contributed by atoms with van der Waals surface area (Å²) in [6.07, 6.45) is 5.84. The minimum atomic E-state index is -3.54. The Morgan fingerprint density at radius 3 is 2.71 bits per heavy atom. The van der Waals surface area contributed by atoms with Gasteiger partial charge in [0.05, 0.1) is 10.6 Å². The second-order valence-corrected chi connectivity index (χ2v) is 8.79. The summed E-state index contributed by atoms with van der Waals surface area (Å²) in [6, 6.07) is 7.17. The van der Waals surface area contributed by atoms with Crippen molar-refractivity contribution in [1.82, 2.24) is 14.1 Å². The molecule has 1 aliphatic heterocycles. The predicted octanol–water partition coefficient (Wildman–Crippen LogP) is 1.54. The highest BCUT2D eigenvalue weighted by Gasteiger charge is 2.44. The maximum atomic E-state index is 13.2. The normalized spacial score (nSPS) is 25.2. The van der Waals surface area contributed by atoms with E-state index in [0.29, 0.717) is 29.8 Å². The van der Waals surface area contributed by atoms with Crippen LogP contribution in [0.2, 0.25) is 0 Å². The largest absolute Gasteiger partial charge is 0.326 e. The fourth-order valence-electron chi connectivity index (χ4n) is 3.60. The Bertz CT molecular complexity index is 843. The Kier molecular flexibility index (Phi) is 3.74. The van der Waals surface area contributed by atoms with E-state index in [0.717, 1.165) is 11.3 Å². The lowest BCUT2D eigenvalue weighted by Crippen LogP contribution is -2.33. The molecule has 1 aliphatic carbocycles. The summed E-state index contributed by atoms with van der Waals surface area (Å²) < 4.78 is 29.5. The minimum absolute atomic E-state index is 0.0538. The number of sulfonamides is 1. The van der Waals surface area contributed by atoms with Crippen LogP contribution in [0.15, 0.2) is 41.6 Å². The second kappa shape index (κ2) is 5.68. The van der Waals surface area contributed by atoms with Gasteiger partial charge in [-0.2, -0.15) is 9.40 Å². The smallest absolute Gasteiger partial charge is 0.243 e. The zero-order valence-corrected chi connectivity index (χ0v) is 14.5. The molecule has 1 saturated heterocycles. The van der Waals surface area contributed by atoms with Crippen LogP contribution in [-0.2, 0) is 10.0 Å². The first-order valence-electron chi connectivity index (χ1n) is 8.33. The van der Waals surface area contributed by atoms with E-state index in [4.69, 9.17) is 5.73 Å². The second-order valence-electron chi connectivity index (χ2n) is 6.89. The standard InChI is InChI=1S/C17H22N4O2S/c1-12-3-6-14(21-8-2-7-19-21)9-17(12)24(22,23)20-10-15(13-4-5-13)16(18)11-20/h2-3,6-9,13,15-16H,4-5,10-11,18H2,1H3. The molecule has 2 aliphatic rings. The van der Waals surface area contributed by atoms with Crippen LogP contribution >= 0.6 is 0 Å². The number of hydrogen-bond donors (Lipinski definition) is 1. The molecule has 7 heteroatoms. The topological polar surface area (TPSA) is 81.2 Å². The van der Waals surface area contributed by atoms with E-state index in [1.807, 2.05) is 25.1 Å². The van der Waals surface area contributed by atoms with Crippen LogP contribution in [0.3, 0.4) is 0 Å². The summed E-state index contributed by atoms with van der Waals surface area (Å²) in [6.45, 7) is 2.78. The fraction of sp³-hybridized carbons (Fsp3) is 0.471. The third kappa shape index (κ3) is 2.66. The Balaban J connectivity index is 1.68. The lowest BCUT2D eigenvalue weighted by molar-refractivity contribution is 0.427. The van der Waals surface area contributed by atoms with Gasteiger partial charge >= 0.3 is 0 Å². The molecule has 1 saturated carbocycles. The van der Waals surface area contributed by atoms with E-state index < -0.39 is 10.0 Å². The summed E-state index contributed by atoms with van der Waals surface area (Å²) in [5, 5.41) is 4.18. The average Bonchev–Trinajstić information content (AvgIpc) is 3.08. The molecule has 0 radical (unpaired) electrons. The summed E-state index contributed by atoms with van der Waals surface area (Å²) in [4.78, 5) is 0.346. The molecule has 0 amide bonds. The third-order valence-corrected chi connectivity index (χ3v) is 7.14. The molecule has 6 nitrogen and oxygen atoms in total. The molecule has 2 N–H and O–H groups in total. The van der Waals surface area contributed by atoms with E-state index in [1.54, 1.807) is 27.4 Å². The van der Waals surface area contributed by atoms with Gasteiger partial charge in [-0.15, -0.1) is 0 Å². The maximum Gasteiger partial charge on any atom is 0.243 e. The number of rotatable bonds is 4. The number of nitrogens with zero attached hydrogens (tertiary/aromatic N) is 3. The highest BCUT2D eigenvalue weighted by molar-refractivity contribution is 7.89. The summed E-state index contributed by atoms with van der Waals surface area (Å²) in [7, 11) is -3.54. The van der Waals surface area contributed by atoms with E-state index >= 15 is 0 Å². The Morgan fingerprint density at radius 2 is 2.04 bits per heavy atom. The van der Waals surface area contributed by atoms with Crippen LogP contribution in [0, 0.1) is 18.8 Å². The summed E-state index contributed by atoms with van der Waals surface area (Å²) >= 11 is 0. The van der Waals surface area contributed by atoms with Crippen molar-refractivity contribution in [2.24, 2.45) is 17.6 Å². The first kappa shape index (κ1) is 15.8. The van der Waals surface area contributed by atoms with Gasteiger partial charge in [0, 0.05) is 31.5 Å². The zero-order valence-electron chi connectivity index (χ0n) is 13.7. The van der Waals surface area contributed by atoms with Crippen molar-refractivity contribution in [3.05, 3.63) is 42.2 Å². The van der Waals surface area contributed by atoms with Gasteiger partial charge in [-0.3, -0.25) is 0 Å². The van der Waals surface area contributed by atoms with Gasteiger partial charge in [0.2, 0.25) is 10.0 Å². The Morgan fingerprint density at radius 1 is 1.25 bits per heavy atom. The van der Waals surface area contributed by atoms with Crippen molar-refractivity contribution >= 4 is 10.0 Å². The minimum Gasteiger partial charge on any atom is -0.326 e. The molecule has 128 valence electrons. The van der Waals surface area contributed by atoms with Crippen molar-refractivity contribution in [2.75, 3.05) is 13.1 Å². The van der Waals surface area contributed by atoms with Gasteiger partial charge in [-0.1, -0.05) is 6.07 Å². The van der Waals surface area contributed by atoms with Crippen LogP contribution < -0.4 is 5.73 Å². The first-order valence-corrected chi connectivity index (χ1v) is 9.77. The quantitative estimate of drug-likeness (QED) is 0.910. The number of nitrogens with two attached hydrogens (primary N) is 1. The van der Waals surface area contributed by atoms with Crippen LogP contribution in [0.5, 0.6) is 0 Å². The van der Waals surface area contributed by atoms with Gasteiger partial charge in [-0.05, 0) is 55.4 Å². The van der Waals surface area contributed by atoms with Gasteiger partial charge in [0.1, 0.15) is 0 Å². The number of benzene rings is 1. The lowest BCUT2D eigenvalue weighted by Gasteiger charge is -2.18. The van der Waals surface area contributed by atoms with Gasteiger partial charge < -0.3 is 5.73 Å².